The molecule has 84 valence electrons. The zero-order valence-electron chi connectivity index (χ0n) is 9.77. The van der Waals surface area contributed by atoms with Gasteiger partial charge in [-0.1, -0.05) is 37.3 Å². The summed E-state index contributed by atoms with van der Waals surface area (Å²) in [6.07, 6.45) is 2.81. The summed E-state index contributed by atoms with van der Waals surface area (Å²) >= 11 is 0. The Labute approximate surface area is 100 Å². The fourth-order valence-corrected chi connectivity index (χ4v) is 2.05. The Kier molecular flexibility index (Phi) is 2.41. The fraction of sp³-hybridized carbons (Fsp3) is 0.133. The molecular weight excluding hydrogens is 208 g/mol. The SMILES string of the molecule is CCc1ccc(-c2ccc3nc[nH]c3c2)cc1. The van der Waals surface area contributed by atoms with Gasteiger partial charge in [-0.05, 0) is 35.2 Å². The maximum absolute atomic E-state index is 4.23. The first-order chi connectivity index (χ1) is 8.36. The number of aromatic nitrogens is 2. The van der Waals surface area contributed by atoms with Gasteiger partial charge in [0.25, 0.3) is 0 Å². The quantitative estimate of drug-likeness (QED) is 0.702. The molecule has 3 aromatic rings. The van der Waals surface area contributed by atoms with E-state index in [2.05, 4.69) is 59.4 Å². The number of imidazole rings is 1. The Balaban J connectivity index is 2.06. The summed E-state index contributed by atoms with van der Waals surface area (Å²) in [4.78, 5) is 7.37. The van der Waals surface area contributed by atoms with E-state index in [1.54, 1.807) is 6.33 Å². The van der Waals surface area contributed by atoms with Crippen molar-refractivity contribution in [3.63, 3.8) is 0 Å². The van der Waals surface area contributed by atoms with Crippen LogP contribution in [0.4, 0.5) is 0 Å². The molecule has 0 fully saturated rings. The van der Waals surface area contributed by atoms with Gasteiger partial charge in [0.05, 0.1) is 17.4 Å². The van der Waals surface area contributed by atoms with Crippen LogP contribution in [-0.2, 0) is 6.42 Å². The number of hydrogen-bond acceptors (Lipinski definition) is 1. The first-order valence-corrected chi connectivity index (χ1v) is 5.89. The molecular formula is C15H14N2. The highest BCUT2D eigenvalue weighted by Gasteiger charge is 2.01. The summed E-state index contributed by atoms with van der Waals surface area (Å²) in [6.45, 7) is 2.17. The second-order valence-electron chi connectivity index (χ2n) is 4.18. The molecule has 0 aliphatic rings. The zero-order valence-corrected chi connectivity index (χ0v) is 9.77. The third kappa shape index (κ3) is 1.82. The maximum atomic E-state index is 4.23. The number of rotatable bonds is 2. The van der Waals surface area contributed by atoms with Crippen molar-refractivity contribution >= 4 is 11.0 Å². The van der Waals surface area contributed by atoms with Crippen LogP contribution in [0, 0.1) is 0 Å². The van der Waals surface area contributed by atoms with Crippen molar-refractivity contribution in [2.24, 2.45) is 0 Å². The minimum atomic E-state index is 1.01. The molecule has 0 saturated heterocycles. The predicted octanol–water partition coefficient (Wildman–Crippen LogP) is 3.79. The minimum Gasteiger partial charge on any atom is -0.345 e. The van der Waals surface area contributed by atoms with Gasteiger partial charge in [0.1, 0.15) is 0 Å². The van der Waals surface area contributed by atoms with E-state index in [0.717, 1.165) is 17.5 Å². The Morgan fingerprint density at radius 1 is 1.00 bits per heavy atom. The molecule has 0 saturated carbocycles. The second-order valence-corrected chi connectivity index (χ2v) is 4.18. The molecule has 0 unspecified atom stereocenters. The first-order valence-electron chi connectivity index (χ1n) is 5.89. The van der Waals surface area contributed by atoms with Crippen LogP contribution >= 0.6 is 0 Å². The Morgan fingerprint density at radius 2 is 1.76 bits per heavy atom. The van der Waals surface area contributed by atoms with Gasteiger partial charge in [-0.25, -0.2) is 4.98 Å². The molecule has 1 N–H and O–H groups in total. The van der Waals surface area contributed by atoms with Gasteiger partial charge in [-0.2, -0.15) is 0 Å². The summed E-state index contributed by atoms with van der Waals surface area (Å²) < 4.78 is 0. The third-order valence-electron chi connectivity index (χ3n) is 3.12. The number of hydrogen-bond donors (Lipinski definition) is 1. The van der Waals surface area contributed by atoms with Crippen molar-refractivity contribution in [1.29, 1.82) is 0 Å². The van der Waals surface area contributed by atoms with Crippen LogP contribution in [0.3, 0.4) is 0 Å². The van der Waals surface area contributed by atoms with E-state index in [9.17, 15) is 0 Å². The smallest absolute Gasteiger partial charge is 0.0931 e. The van der Waals surface area contributed by atoms with Crippen LogP contribution < -0.4 is 0 Å². The molecule has 0 aliphatic heterocycles. The summed E-state index contributed by atoms with van der Waals surface area (Å²) in [5.74, 6) is 0. The van der Waals surface area contributed by atoms with E-state index < -0.39 is 0 Å². The molecule has 0 atom stereocenters. The van der Waals surface area contributed by atoms with Crippen LogP contribution in [0.5, 0.6) is 0 Å². The summed E-state index contributed by atoms with van der Waals surface area (Å²) in [5, 5.41) is 0. The highest BCUT2D eigenvalue weighted by Crippen LogP contribution is 2.23. The molecule has 0 radical (unpaired) electrons. The van der Waals surface area contributed by atoms with E-state index in [4.69, 9.17) is 0 Å². The third-order valence-corrected chi connectivity index (χ3v) is 3.12. The van der Waals surface area contributed by atoms with Crippen LogP contribution in [0.2, 0.25) is 0 Å². The van der Waals surface area contributed by atoms with Crippen LogP contribution in [0.25, 0.3) is 22.2 Å². The monoisotopic (exact) mass is 222 g/mol. The van der Waals surface area contributed by atoms with E-state index >= 15 is 0 Å². The number of aryl methyl sites for hydroxylation is 1. The molecule has 17 heavy (non-hydrogen) atoms. The topological polar surface area (TPSA) is 28.7 Å². The maximum Gasteiger partial charge on any atom is 0.0931 e. The lowest BCUT2D eigenvalue weighted by molar-refractivity contribution is 1.14. The lowest BCUT2D eigenvalue weighted by Gasteiger charge is -2.03. The minimum absolute atomic E-state index is 1.01. The average molecular weight is 222 g/mol. The van der Waals surface area contributed by atoms with Crippen molar-refractivity contribution in [3.05, 3.63) is 54.4 Å². The number of aromatic amines is 1. The van der Waals surface area contributed by atoms with Crippen LogP contribution in [-0.4, -0.2) is 9.97 Å². The molecule has 2 nitrogen and oxygen atoms in total. The Hall–Kier alpha value is -2.09. The van der Waals surface area contributed by atoms with E-state index in [1.807, 2.05) is 0 Å². The Bertz CT molecular complexity index is 635. The van der Waals surface area contributed by atoms with Crippen molar-refractivity contribution in [2.45, 2.75) is 13.3 Å². The van der Waals surface area contributed by atoms with Gasteiger partial charge in [0.15, 0.2) is 0 Å². The molecule has 0 amide bonds. The predicted molar refractivity (Wildman–Crippen MR) is 70.9 cm³/mol. The van der Waals surface area contributed by atoms with Crippen LogP contribution in [0.15, 0.2) is 48.8 Å². The van der Waals surface area contributed by atoms with Crippen LogP contribution in [0.1, 0.15) is 12.5 Å². The summed E-state index contributed by atoms with van der Waals surface area (Å²) in [7, 11) is 0. The molecule has 0 aliphatic carbocycles. The zero-order chi connectivity index (χ0) is 11.7. The van der Waals surface area contributed by atoms with E-state index in [0.29, 0.717) is 0 Å². The van der Waals surface area contributed by atoms with Gasteiger partial charge in [0, 0.05) is 0 Å². The second kappa shape index (κ2) is 4.06. The number of fused-ring (bicyclic) bond motifs is 1. The molecule has 2 heteroatoms. The largest absolute Gasteiger partial charge is 0.345 e. The molecule has 1 heterocycles. The van der Waals surface area contributed by atoms with Crippen molar-refractivity contribution in [3.8, 4) is 11.1 Å². The van der Waals surface area contributed by atoms with Gasteiger partial charge >= 0.3 is 0 Å². The van der Waals surface area contributed by atoms with Gasteiger partial charge in [0.2, 0.25) is 0 Å². The van der Waals surface area contributed by atoms with E-state index in [-0.39, 0.29) is 0 Å². The van der Waals surface area contributed by atoms with Crippen molar-refractivity contribution in [1.82, 2.24) is 9.97 Å². The normalized spacial score (nSPS) is 10.9. The van der Waals surface area contributed by atoms with E-state index in [1.165, 1.54) is 16.7 Å². The highest BCUT2D eigenvalue weighted by molar-refractivity contribution is 5.81. The van der Waals surface area contributed by atoms with Gasteiger partial charge < -0.3 is 4.98 Å². The lowest BCUT2D eigenvalue weighted by Crippen LogP contribution is -1.81. The van der Waals surface area contributed by atoms with Crippen molar-refractivity contribution in [2.75, 3.05) is 0 Å². The van der Waals surface area contributed by atoms with Gasteiger partial charge in [-0.15, -0.1) is 0 Å². The molecule has 3 rings (SSSR count). The Morgan fingerprint density at radius 3 is 2.53 bits per heavy atom. The number of H-pyrrole nitrogens is 1. The molecule has 2 aromatic carbocycles. The summed E-state index contributed by atoms with van der Waals surface area (Å²) in [5.41, 5.74) is 5.94. The summed E-state index contributed by atoms with van der Waals surface area (Å²) in [6, 6.07) is 15.0. The first kappa shape index (κ1) is 10.1. The number of benzene rings is 2. The van der Waals surface area contributed by atoms with Crippen molar-refractivity contribution < 1.29 is 0 Å². The highest BCUT2D eigenvalue weighted by atomic mass is 14.9. The standard InChI is InChI=1S/C15H14N2/c1-2-11-3-5-12(6-4-11)13-7-8-14-15(9-13)17-10-16-14/h3-10H,2H2,1H3,(H,16,17). The average Bonchev–Trinajstić information content (AvgIpc) is 2.86. The number of nitrogens with zero attached hydrogens (tertiary/aromatic N) is 1. The molecule has 0 spiro atoms. The molecule has 1 aromatic heterocycles. The fourth-order valence-electron chi connectivity index (χ4n) is 2.05. The molecule has 0 bridgehead atoms. The van der Waals surface area contributed by atoms with Gasteiger partial charge in [-0.3, -0.25) is 0 Å². The number of nitrogens with one attached hydrogen (secondary N) is 1. The lowest BCUT2D eigenvalue weighted by atomic mass is 10.0.